The third-order valence-electron chi connectivity index (χ3n) is 2.61. The highest BCUT2D eigenvalue weighted by atomic mass is 35.5. The molecule has 1 aromatic heterocycles. The molecule has 1 aromatic carbocycles. The number of sulfone groups is 1. The molecule has 1 heterocycles. The fourth-order valence-electron chi connectivity index (χ4n) is 1.59. The van der Waals surface area contributed by atoms with Gasteiger partial charge in [0.15, 0.2) is 9.84 Å². The maximum Gasteiger partial charge on any atom is 0.185 e. The second-order valence-electron chi connectivity index (χ2n) is 4.22. The quantitative estimate of drug-likeness (QED) is 0.785. The van der Waals surface area contributed by atoms with Gasteiger partial charge in [-0.25, -0.2) is 8.42 Å². The molecule has 0 amide bonds. The molecule has 2 rings (SSSR count). The standard InChI is InChI=1S/C14H9Cl2NO3S/c1-21(18,19)11(8-17)7-10-3-5-14(20-10)9-2-4-12(15)13(16)6-9/h2-7H,1H3/b11-7+. The number of hydrogen-bond acceptors (Lipinski definition) is 4. The van der Waals surface area contributed by atoms with Crippen LogP contribution in [-0.4, -0.2) is 14.7 Å². The molecular weight excluding hydrogens is 333 g/mol. The second-order valence-corrected chi connectivity index (χ2v) is 7.02. The van der Waals surface area contributed by atoms with E-state index < -0.39 is 9.84 Å². The van der Waals surface area contributed by atoms with Crippen molar-refractivity contribution in [1.82, 2.24) is 0 Å². The Morgan fingerprint density at radius 2 is 1.95 bits per heavy atom. The van der Waals surface area contributed by atoms with Crippen molar-refractivity contribution in [2.45, 2.75) is 0 Å². The molecule has 0 aliphatic rings. The minimum Gasteiger partial charge on any atom is -0.457 e. The number of hydrogen-bond donors (Lipinski definition) is 0. The Balaban J connectivity index is 2.41. The summed E-state index contributed by atoms with van der Waals surface area (Å²) in [6.07, 6.45) is 2.14. The Kier molecular flexibility index (Phi) is 4.43. The van der Waals surface area contributed by atoms with Gasteiger partial charge in [0.25, 0.3) is 0 Å². The van der Waals surface area contributed by atoms with Gasteiger partial charge in [0.1, 0.15) is 22.5 Å². The van der Waals surface area contributed by atoms with Gasteiger partial charge in [-0.15, -0.1) is 0 Å². The number of rotatable bonds is 3. The summed E-state index contributed by atoms with van der Waals surface area (Å²) in [5, 5.41) is 9.65. The van der Waals surface area contributed by atoms with Crippen molar-refractivity contribution in [3.63, 3.8) is 0 Å². The van der Waals surface area contributed by atoms with E-state index >= 15 is 0 Å². The maximum absolute atomic E-state index is 11.4. The van der Waals surface area contributed by atoms with Gasteiger partial charge < -0.3 is 4.42 Å². The topological polar surface area (TPSA) is 71.1 Å². The van der Waals surface area contributed by atoms with Crippen LogP contribution in [0.4, 0.5) is 0 Å². The smallest absolute Gasteiger partial charge is 0.185 e. The van der Waals surface area contributed by atoms with E-state index in [2.05, 4.69) is 0 Å². The monoisotopic (exact) mass is 341 g/mol. The van der Waals surface area contributed by atoms with Crippen molar-refractivity contribution < 1.29 is 12.8 Å². The molecule has 21 heavy (non-hydrogen) atoms. The van der Waals surface area contributed by atoms with Gasteiger partial charge in [-0.2, -0.15) is 5.26 Å². The van der Waals surface area contributed by atoms with Crippen LogP contribution in [0.1, 0.15) is 5.76 Å². The minimum absolute atomic E-state index is 0.262. The third kappa shape index (κ3) is 3.67. The predicted octanol–water partition coefficient (Wildman–Crippen LogP) is 4.16. The van der Waals surface area contributed by atoms with E-state index in [9.17, 15) is 8.42 Å². The fraction of sp³-hybridized carbons (Fsp3) is 0.0714. The summed E-state index contributed by atoms with van der Waals surface area (Å²) in [6, 6.07) is 9.85. The Hall–Kier alpha value is -1.74. The van der Waals surface area contributed by atoms with Crippen molar-refractivity contribution in [3.05, 3.63) is 51.0 Å². The molecule has 0 fully saturated rings. The number of allylic oxidation sites excluding steroid dienone is 1. The molecule has 7 heteroatoms. The van der Waals surface area contributed by atoms with Crippen molar-refractivity contribution >= 4 is 39.1 Å². The molecule has 0 saturated carbocycles. The SMILES string of the molecule is CS(=O)(=O)/C(C#N)=C/c1ccc(-c2ccc(Cl)c(Cl)c2)o1. The minimum atomic E-state index is -3.58. The summed E-state index contributed by atoms with van der Waals surface area (Å²) in [5.41, 5.74) is 0.696. The van der Waals surface area contributed by atoms with Gasteiger partial charge in [0, 0.05) is 17.9 Å². The van der Waals surface area contributed by atoms with Crippen LogP contribution in [-0.2, 0) is 9.84 Å². The number of halogens is 2. The highest BCUT2D eigenvalue weighted by Gasteiger charge is 2.12. The molecule has 0 N–H and O–H groups in total. The van der Waals surface area contributed by atoms with Crippen LogP contribution in [0, 0.1) is 11.3 Å². The van der Waals surface area contributed by atoms with Crippen LogP contribution in [0.15, 0.2) is 39.7 Å². The lowest BCUT2D eigenvalue weighted by Crippen LogP contribution is -1.97. The van der Waals surface area contributed by atoms with Gasteiger partial charge >= 0.3 is 0 Å². The first-order valence-corrected chi connectivity index (χ1v) is 8.33. The van der Waals surface area contributed by atoms with Crippen LogP contribution in [0.3, 0.4) is 0 Å². The van der Waals surface area contributed by atoms with Gasteiger partial charge in [-0.1, -0.05) is 23.2 Å². The number of furan rings is 1. The molecule has 2 aromatic rings. The summed E-state index contributed by atoms with van der Waals surface area (Å²) in [6.45, 7) is 0. The molecule has 0 atom stereocenters. The van der Waals surface area contributed by atoms with Gasteiger partial charge in [0.05, 0.1) is 10.0 Å². The molecule has 0 aliphatic carbocycles. The van der Waals surface area contributed by atoms with Crippen molar-refractivity contribution in [2.75, 3.05) is 6.26 Å². The molecule has 0 unspecified atom stereocenters. The molecule has 4 nitrogen and oxygen atoms in total. The van der Waals surface area contributed by atoms with E-state index in [-0.39, 0.29) is 10.7 Å². The molecule has 108 valence electrons. The van der Waals surface area contributed by atoms with E-state index in [4.69, 9.17) is 32.9 Å². The van der Waals surface area contributed by atoms with Gasteiger partial charge in [-0.05, 0) is 30.3 Å². The van der Waals surface area contributed by atoms with Crippen LogP contribution < -0.4 is 0 Å². The van der Waals surface area contributed by atoms with E-state index in [1.54, 1.807) is 36.4 Å². The Labute approximate surface area is 132 Å². The Bertz CT molecular complexity index is 861. The van der Waals surface area contributed by atoms with Gasteiger partial charge in [0.2, 0.25) is 0 Å². The highest BCUT2D eigenvalue weighted by Crippen LogP contribution is 2.30. The fourth-order valence-corrected chi connectivity index (χ4v) is 2.38. The van der Waals surface area contributed by atoms with Crippen LogP contribution in [0.5, 0.6) is 0 Å². The molecular formula is C14H9Cl2NO3S. The van der Waals surface area contributed by atoms with Crippen LogP contribution in [0.25, 0.3) is 17.4 Å². The molecule has 0 spiro atoms. The van der Waals surface area contributed by atoms with Crippen LogP contribution in [0.2, 0.25) is 10.0 Å². The molecule has 0 aliphatic heterocycles. The maximum atomic E-state index is 11.4. The normalized spacial score (nSPS) is 12.2. The van der Waals surface area contributed by atoms with Crippen molar-refractivity contribution in [1.29, 1.82) is 5.26 Å². The molecule has 0 saturated heterocycles. The zero-order valence-corrected chi connectivity index (χ0v) is 13.1. The predicted molar refractivity (Wildman–Crippen MR) is 82.6 cm³/mol. The van der Waals surface area contributed by atoms with Gasteiger partial charge in [-0.3, -0.25) is 0 Å². The number of benzene rings is 1. The van der Waals surface area contributed by atoms with E-state index in [0.717, 1.165) is 6.26 Å². The van der Waals surface area contributed by atoms with Crippen molar-refractivity contribution in [2.24, 2.45) is 0 Å². The third-order valence-corrected chi connectivity index (χ3v) is 4.36. The summed E-state index contributed by atoms with van der Waals surface area (Å²) in [4.78, 5) is -0.363. The number of nitriles is 1. The lowest BCUT2D eigenvalue weighted by molar-refractivity contribution is 0.571. The lowest BCUT2D eigenvalue weighted by atomic mass is 10.2. The van der Waals surface area contributed by atoms with E-state index in [1.165, 1.54) is 6.08 Å². The number of nitrogens with zero attached hydrogens (tertiary/aromatic N) is 1. The largest absolute Gasteiger partial charge is 0.457 e. The first-order valence-electron chi connectivity index (χ1n) is 5.68. The Morgan fingerprint density at radius 3 is 2.52 bits per heavy atom. The van der Waals surface area contributed by atoms with Crippen LogP contribution >= 0.6 is 23.2 Å². The highest BCUT2D eigenvalue weighted by molar-refractivity contribution is 7.95. The summed E-state index contributed by atoms with van der Waals surface area (Å²) >= 11 is 11.8. The molecule has 0 radical (unpaired) electrons. The first kappa shape index (κ1) is 15.6. The average molecular weight is 342 g/mol. The van der Waals surface area contributed by atoms with E-state index in [0.29, 0.717) is 21.4 Å². The summed E-state index contributed by atoms with van der Waals surface area (Å²) < 4.78 is 28.2. The summed E-state index contributed by atoms with van der Waals surface area (Å²) in [7, 11) is -3.58. The first-order chi connectivity index (χ1) is 9.81. The molecule has 0 bridgehead atoms. The second kappa shape index (κ2) is 5.94. The Morgan fingerprint density at radius 1 is 1.24 bits per heavy atom. The van der Waals surface area contributed by atoms with Crippen molar-refractivity contribution in [3.8, 4) is 17.4 Å². The zero-order valence-electron chi connectivity index (χ0n) is 10.8. The van der Waals surface area contributed by atoms with E-state index in [1.807, 2.05) is 0 Å². The lowest BCUT2D eigenvalue weighted by Gasteiger charge is -1.99. The summed E-state index contributed by atoms with van der Waals surface area (Å²) in [5.74, 6) is 0.753. The average Bonchev–Trinajstić information content (AvgIpc) is 2.86. The zero-order chi connectivity index (χ0) is 15.6.